The van der Waals surface area contributed by atoms with Crippen LogP contribution in [0.4, 0.5) is 0 Å². The minimum absolute atomic E-state index is 1.11. The fraction of sp³-hybridized carbons (Fsp3) is 0.429. The molecule has 0 unspecified atom stereocenters. The third-order valence-corrected chi connectivity index (χ3v) is 4.99. The van der Waals surface area contributed by atoms with Crippen molar-refractivity contribution in [2.75, 3.05) is 0 Å². The van der Waals surface area contributed by atoms with Crippen LogP contribution >= 0.6 is 0 Å². The zero-order valence-corrected chi connectivity index (χ0v) is 14.4. The molecule has 112 valence electrons. The van der Waals surface area contributed by atoms with Gasteiger partial charge in [-0.25, -0.2) is 0 Å². The summed E-state index contributed by atoms with van der Waals surface area (Å²) in [6.07, 6.45) is 3.50. The van der Waals surface area contributed by atoms with Gasteiger partial charge in [-0.3, -0.25) is 0 Å². The maximum atomic E-state index is 2.32. The minimum atomic E-state index is 1.11. The van der Waals surface area contributed by atoms with Gasteiger partial charge in [-0.15, -0.1) is 0 Å². The molecule has 0 atom stereocenters. The standard InChI is InChI=1S/C21H28/c1-7-9-19-11-13-21(17(6)15(19)4)20-12-10-18(8-2)14(3)16(20)5/h10-13H,7-9H2,1-6H3. The van der Waals surface area contributed by atoms with Crippen LogP contribution < -0.4 is 0 Å². The van der Waals surface area contributed by atoms with Gasteiger partial charge in [0.25, 0.3) is 0 Å². The molecule has 0 N–H and O–H groups in total. The molecule has 0 aliphatic rings. The second-order valence-electron chi connectivity index (χ2n) is 6.15. The Kier molecular flexibility index (Phi) is 4.88. The van der Waals surface area contributed by atoms with E-state index in [0.29, 0.717) is 0 Å². The summed E-state index contributed by atoms with van der Waals surface area (Å²) in [6, 6.07) is 9.25. The molecule has 0 saturated heterocycles. The van der Waals surface area contributed by atoms with Crippen LogP contribution in [0, 0.1) is 27.7 Å². The summed E-state index contributed by atoms with van der Waals surface area (Å²) in [5.74, 6) is 0. The molecule has 0 saturated carbocycles. The first-order valence-electron chi connectivity index (χ1n) is 8.19. The fourth-order valence-electron chi connectivity index (χ4n) is 3.26. The van der Waals surface area contributed by atoms with Crippen molar-refractivity contribution in [3.8, 4) is 11.1 Å². The molecular weight excluding hydrogens is 252 g/mol. The van der Waals surface area contributed by atoms with E-state index in [2.05, 4.69) is 65.8 Å². The lowest BCUT2D eigenvalue weighted by Gasteiger charge is -2.17. The van der Waals surface area contributed by atoms with Crippen molar-refractivity contribution in [1.29, 1.82) is 0 Å². The molecule has 0 aromatic heterocycles. The van der Waals surface area contributed by atoms with Gasteiger partial charge in [0.2, 0.25) is 0 Å². The molecule has 2 aromatic carbocycles. The van der Waals surface area contributed by atoms with Gasteiger partial charge in [-0.05, 0) is 85.0 Å². The number of hydrogen-bond acceptors (Lipinski definition) is 0. The van der Waals surface area contributed by atoms with Crippen molar-refractivity contribution >= 4 is 0 Å². The third-order valence-electron chi connectivity index (χ3n) is 4.99. The molecule has 21 heavy (non-hydrogen) atoms. The summed E-state index contributed by atoms with van der Waals surface area (Å²) in [4.78, 5) is 0. The van der Waals surface area contributed by atoms with Crippen molar-refractivity contribution in [3.63, 3.8) is 0 Å². The van der Waals surface area contributed by atoms with E-state index in [1.54, 1.807) is 0 Å². The average molecular weight is 280 g/mol. The summed E-state index contributed by atoms with van der Waals surface area (Å²) in [6.45, 7) is 13.5. The van der Waals surface area contributed by atoms with E-state index in [1.807, 2.05) is 0 Å². The second kappa shape index (κ2) is 6.47. The van der Waals surface area contributed by atoms with Crippen LogP contribution in [0.5, 0.6) is 0 Å². The van der Waals surface area contributed by atoms with Gasteiger partial charge in [0.05, 0.1) is 0 Å². The first-order chi connectivity index (χ1) is 10.0. The average Bonchev–Trinajstić information content (AvgIpc) is 2.48. The Morgan fingerprint density at radius 2 is 1.10 bits per heavy atom. The zero-order chi connectivity index (χ0) is 15.6. The number of rotatable bonds is 4. The topological polar surface area (TPSA) is 0 Å². The van der Waals surface area contributed by atoms with E-state index >= 15 is 0 Å². The number of aryl methyl sites for hydroxylation is 2. The molecule has 0 heteroatoms. The second-order valence-corrected chi connectivity index (χ2v) is 6.15. The third kappa shape index (κ3) is 2.90. The molecule has 2 rings (SSSR count). The Balaban J connectivity index is 2.58. The summed E-state index contributed by atoms with van der Waals surface area (Å²) in [7, 11) is 0. The number of hydrogen-bond donors (Lipinski definition) is 0. The minimum Gasteiger partial charge on any atom is -0.0651 e. The molecule has 2 aromatic rings. The largest absolute Gasteiger partial charge is 0.0651 e. The Morgan fingerprint density at radius 1 is 0.619 bits per heavy atom. The highest BCUT2D eigenvalue weighted by Crippen LogP contribution is 2.32. The Morgan fingerprint density at radius 3 is 1.57 bits per heavy atom. The van der Waals surface area contributed by atoms with Crippen LogP contribution in [0.1, 0.15) is 53.6 Å². The zero-order valence-electron chi connectivity index (χ0n) is 14.4. The summed E-state index contributed by atoms with van der Waals surface area (Å²) < 4.78 is 0. The Hall–Kier alpha value is -1.56. The molecule has 0 radical (unpaired) electrons. The predicted octanol–water partition coefficient (Wildman–Crippen LogP) is 6.10. The van der Waals surface area contributed by atoms with Crippen LogP contribution in [0.3, 0.4) is 0 Å². The first-order valence-corrected chi connectivity index (χ1v) is 8.19. The maximum absolute atomic E-state index is 2.32. The molecule has 0 nitrogen and oxygen atoms in total. The molecule has 0 heterocycles. The van der Waals surface area contributed by atoms with Gasteiger partial charge in [-0.1, -0.05) is 44.5 Å². The molecule has 0 spiro atoms. The van der Waals surface area contributed by atoms with Gasteiger partial charge in [0, 0.05) is 0 Å². The van der Waals surface area contributed by atoms with Crippen LogP contribution in [-0.2, 0) is 12.8 Å². The normalized spacial score (nSPS) is 11.0. The maximum Gasteiger partial charge on any atom is -0.0149 e. The molecule has 0 amide bonds. The highest BCUT2D eigenvalue weighted by Gasteiger charge is 2.12. The lowest BCUT2D eigenvalue weighted by Crippen LogP contribution is -1.98. The highest BCUT2D eigenvalue weighted by atomic mass is 14.2. The Labute approximate surface area is 130 Å². The van der Waals surface area contributed by atoms with Crippen LogP contribution in [0.2, 0.25) is 0 Å². The van der Waals surface area contributed by atoms with Crippen molar-refractivity contribution in [1.82, 2.24) is 0 Å². The monoisotopic (exact) mass is 280 g/mol. The van der Waals surface area contributed by atoms with Crippen molar-refractivity contribution in [3.05, 3.63) is 57.6 Å². The molecular formula is C21H28. The van der Waals surface area contributed by atoms with Crippen molar-refractivity contribution in [2.45, 2.75) is 60.8 Å². The van der Waals surface area contributed by atoms with Gasteiger partial charge >= 0.3 is 0 Å². The van der Waals surface area contributed by atoms with Crippen molar-refractivity contribution in [2.24, 2.45) is 0 Å². The smallest absolute Gasteiger partial charge is 0.0149 e. The van der Waals surface area contributed by atoms with Crippen LogP contribution in [0.25, 0.3) is 11.1 Å². The lowest BCUT2D eigenvalue weighted by molar-refractivity contribution is 0.910. The quantitative estimate of drug-likeness (QED) is 0.634. The van der Waals surface area contributed by atoms with Gasteiger partial charge in [0.1, 0.15) is 0 Å². The first kappa shape index (κ1) is 15.8. The van der Waals surface area contributed by atoms with Gasteiger partial charge < -0.3 is 0 Å². The SMILES string of the molecule is CCCc1ccc(-c2ccc(CC)c(C)c2C)c(C)c1C. The van der Waals surface area contributed by atoms with Crippen LogP contribution in [-0.4, -0.2) is 0 Å². The van der Waals surface area contributed by atoms with Crippen molar-refractivity contribution < 1.29 is 0 Å². The fourth-order valence-corrected chi connectivity index (χ4v) is 3.26. The molecule has 0 aliphatic heterocycles. The van der Waals surface area contributed by atoms with E-state index in [-0.39, 0.29) is 0 Å². The molecule has 0 bridgehead atoms. The highest BCUT2D eigenvalue weighted by molar-refractivity contribution is 5.73. The Bertz CT molecular complexity index is 648. The van der Waals surface area contributed by atoms with E-state index in [1.165, 1.54) is 57.3 Å². The molecule has 0 fully saturated rings. The van der Waals surface area contributed by atoms with Gasteiger partial charge in [0.15, 0.2) is 0 Å². The van der Waals surface area contributed by atoms with E-state index in [4.69, 9.17) is 0 Å². The summed E-state index contributed by atoms with van der Waals surface area (Å²) >= 11 is 0. The summed E-state index contributed by atoms with van der Waals surface area (Å²) in [5.41, 5.74) is 11.5. The molecule has 0 aliphatic carbocycles. The van der Waals surface area contributed by atoms with E-state index in [9.17, 15) is 0 Å². The lowest BCUT2D eigenvalue weighted by atomic mass is 9.87. The summed E-state index contributed by atoms with van der Waals surface area (Å²) in [5, 5.41) is 0. The van der Waals surface area contributed by atoms with E-state index in [0.717, 1.165) is 6.42 Å². The van der Waals surface area contributed by atoms with E-state index < -0.39 is 0 Å². The van der Waals surface area contributed by atoms with Crippen LogP contribution in [0.15, 0.2) is 24.3 Å². The number of benzene rings is 2. The predicted molar refractivity (Wildman–Crippen MR) is 94.2 cm³/mol. The van der Waals surface area contributed by atoms with Gasteiger partial charge in [-0.2, -0.15) is 0 Å².